The van der Waals surface area contributed by atoms with Gasteiger partial charge in [-0.3, -0.25) is 4.79 Å². The van der Waals surface area contributed by atoms with Gasteiger partial charge in [0.05, 0.1) is 0 Å². The minimum absolute atomic E-state index is 0.0612. The summed E-state index contributed by atoms with van der Waals surface area (Å²) in [6, 6.07) is 5.02. The first-order valence-electron chi connectivity index (χ1n) is 4.54. The molecule has 0 aliphatic heterocycles. The molecule has 3 heteroatoms. The SMILES string of the molecule is CC(C)CC(N)c1cccc(=O)[nH]1. The standard InChI is InChI=1S/C10H16N2O/c1-7(2)6-8(11)9-4-3-5-10(13)12-9/h3-5,7-8H,6,11H2,1-2H3,(H,12,13). The van der Waals surface area contributed by atoms with Gasteiger partial charge in [-0.25, -0.2) is 0 Å². The summed E-state index contributed by atoms with van der Waals surface area (Å²) in [6.07, 6.45) is 0.889. The quantitative estimate of drug-likeness (QED) is 0.739. The minimum atomic E-state index is -0.0864. The van der Waals surface area contributed by atoms with Gasteiger partial charge in [0.25, 0.3) is 0 Å². The van der Waals surface area contributed by atoms with Crippen molar-refractivity contribution < 1.29 is 0 Å². The zero-order valence-corrected chi connectivity index (χ0v) is 8.08. The first kappa shape index (κ1) is 9.99. The molecule has 3 nitrogen and oxygen atoms in total. The van der Waals surface area contributed by atoms with Gasteiger partial charge in [-0.1, -0.05) is 19.9 Å². The summed E-state index contributed by atoms with van der Waals surface area (Å²) < 4.78 is 0. The zero-order chi connectivity index (χ0) is 9.84. The van der Waals surface area contributed by atoms with Gasteiger partial charge in [0, 0.05) is 17.8 Å². The van der Waals surface area contributed by atoms with Gasteiger partial charge in [0.2, 0.25) is 5.56 Å². The fourth-order valence-corrected chi connectivity index (χ4v) is 1.32. The Morgan fingerprint density at radius 3 is 2.69 bits per heavy atom. The molecule has 0 bridgehead atoms. The fraction of sp³-hybridized carbons (Fsp3) is 0.500. The topological polar surface area (TPSA) is 58.9 Å². The van der Waals surface area contributed by atoms with E-state index in [2.05, 4.69) is 18.8 Å². The Morgan fingerprint density at radius 1 is 1.46 bits per heavy atom. The number of pyridine rings is 1. The molecule has 72 valence electrons. The van der Waals surface area contributed by atoms with Gasteiger partial charge in [-0.05, 0) is 18.4 Å². The second-order valence-electron chi connectivity index (χ2n) is 3.71. The van der Waals surface area contributed by atoms with E-state index in [1.807, 2.05) is 6.07 Å². The lowest BCUT2D eigenvalue weighted by molar-refractivity contribution is 0.501. The highest BCUT2D eigenvalue weighted by Gasteiger charge is 2.08. The lowest BCUT2D eigenvalue weighted by Gasteiger charge is -2.13. The highest BCUT2D eigenvalue weighted by Crippen LogP contribution is 2.14. The van der Waals surface area contributed by atoms with Crippen LogP contribution in [0.4, 0.5) is 0 Å². The van der Waals surface area contributed by atoms with Gasteiger partial charge < -0.3 is 10.7 Å². The normalized spacial score (nSPS) is 13.2. The summed E-state index contributed by atoms with van der Waals surface area (Å²) in [4.78, 5) is 13.7. The van der Waals surface area contributed by atoms with E-state index in [0.717, 1.165) is 12.1 Å². The lowest BCUT2D eigenvalue weighted by atomic mass is 10.0. The molecule has 0 aromatic carbocycles. The molecule has 0 amide bonds. The third kappa shape index (κ3) is 3.03. The zero-order valence-electron chi connectivity index (χ0n) is 8.08. The number of hydrogen-bond donors (Lipinski definition) is 2. The predicted molar refractivity (Wildman–Crippen MR) is 53.4 cm³/mol. The molecule has 1 aromatic rings. The van der Waals surface area contributed by atoms with Gasteiger partial charge >= 0.3 is 0 Å². The maximum absolute atomic E-state index is 11.0. The summed E-state index contributed by atoms with van der Waals surface area (Å²) in [5.74, 6) is 0.540. The van der Waals surface area contributed by atoms with Crippen LogP contribution >= 0.6 is 0 Å². The van der Waals surface area contributed by atoms with Crippen molar-refractivity contribution in [2.24, 2.45) is 11.7 Å². The van der Waals surface area contributed by atoms with Crippen molar-refractivity contribution in [2.75, 3.05) is 0 Å². The van der Waals surface area contributed by atoms with Crippen molar-refractivity contribution in [3.8, 4) is 0 Å². The van der Waals surface area contributed by atoms with Crippen LogP contribution in [-0.2, 0) is 0 Å². The van der Waals surface area contributed by atoms with Crippen LogP contribution in [-0.4, -0.2) is 4.98 Å². The summed E-state index contributed by atoms with van der Waals surface area (Å²) in [5, 5.41) is 0. The summed E-state index contributed by atoms with van der Waals surface area (Å²) in [5.41, 5.74) is 6.63. The van der Waals surface area contributed by atoms with Gasteiger partial charge in [-0.2, -0.15) is 0 Å². The minimum Gasteiger partial charge on any atom is -0.325 e. The Balaban J connectivity index is 2.77. The predicted octanol–water partition coefficient (Wildman–Crippen LogP) is 1.42. The molecule has 1 aromatic heterocycles. The molecule has 3 N–H and O–H groups in total. The van der Waals surface area contributed by atoms with Crippen LogP contribution in [0.25, 0.3) is 0 Å². The van der Waals surface area contributed by atoms with Crippen LogP contribution in [0.1, 0.15) is 32.0 Å². The maximum atomic E-state index is 11.0. The largest absolute Gasteiger partial charge is 0.325 e. The number of nitrogens with two attached hydrogens (primary N) is 1. The second kappa shape index (κ2) is 4.23. The molecule has 13 heavy (non-hydrogen) atoms. The Bertz CT molecular complexity index is 317. The molecule has 1 heterocycles. The molecule has 1 unspecified atom stereocenters. The lowest BCUT2D eigenvalue weighted by Crippen LogP contribution is -2.18. The first-order chi connectivity index (χ1) is 6.09. The smallest absolute Gasteiger partial charge is 0.248 e. The number of aromatic amines is 1. The van der Waals surface area contributed by atoms with Crippen LogP contribution in [0.5, 0.6) is 0 Å². The Hall–Kier alpha value is -1.09. The Labute approximate surface area is 78.0 Å². The van der Waals surface area contributed by atoms with E-state index in [-0.39, 0.29) is 11.6 Å². The van der Waals surface area contributed by atoms with E-state index < -0.39 is 0 Å². The molecule has 0 radical (unpaired) electrons. The summed E-state index contributed by atoms with van der Waals surface area (Å²) in [6.45, 7) is 4.22. The highest BCUT2D eigenvalue weighted by molar-refractivity contribution is 5.08. The monoisotopic (exact) mass is 180 g/mol. The van der Waals surface area contributed by atoms with E-state index in [4.69, 9.17) is 5.73 Å². The van der Waals surface area contributed by atoms with Crippen LogP contribution < -0.4 is 11.3 Å². The van der Waals surface area contributed by atoms with E-state index in [1.54, 1.807) is 6.07 Å². The Kier molecular flexibility index (Phi) is 3.25. The Morgan fingerprint density at radius 2 is 2.15 bits per heavy atom. The first-order valence-corrected chi connectivity index (χ1v) is 4.54. The third-order valence-electron chi connectivity index (χ3n) is 1.92. The molecular formula is C10H16N2O. The third-order valence-corrected chi connectivity index (χ3v) is 1.92. The van der Waals surface area contributed by atoms with Crippen molar-refractivity contribution >= 4 is 0 Å². The molecule has 0 fully saturated rings. The van der Waals surface area contributed by atoms with E-state index in [9.17, 15) is 4.79 Å². The van der Waals surface area contributed by atoms with E-state index in [0.29, 0.717) is 5.92 Å². The van der Waals surface area contributed by atoms with Crippen LogP contribution in [0.3, 0.4) is 0 Å². The van der Waals surface area contributed by atoms with Crippen LogP contribution in [0.15, 0.2) is 23.0 Å². The molecule has 0 aliphatic carbocycles. The van der Waals surface area contributed by atoms with E-state index >= 15 is 0 Å². The number of rotatable bonds is 3. The average molecular weight is 180 g/mol. The maximum Gasteiger partial charge on any atom is 0.248 e. The molecule has 0 saturated carbocycles. The molecular weight excluding hydrogens is 164 g/mol. The van der Waals surface area contributed by atoms with Gasteiger partial charge in [0.1, 0.15) is 0 Å². The second-order valence-corrected chi connectivity index (χ2v) is 3.71. The van der Waals surface area contributed by atoms with Crippen molar-refractivity contribution in [1.29, 1.82) is 0 Å². The molecule has 0 saturated heterocycles. The summed E-state index contributed by atoms with van der Waals surface area (Å²) in [7, 11) is 0. The number of H-pyrrole nitrogens is 1. The number of aromatic nitrogens is 1. The molecule has 0 spiro atoms. The molecule has 0 aliphatic rings. The molecule has 1 rings (SSSR count). The molecule has 1 atom stereocenters. The van der Waals surface area contributed by atoms with Gasteiger partial charge in [0.15, 0.2) is 0 Å². The average Bonchev–Trinajstić information content (AvgIpc) is 2.03. The van der Waals surface area contributed by atoms with E-state index in [1.165, 1.54) is 6.07 Å². The fourth-order valence-electron chi connectivity index (χ4n) is 1.32. The summed E-state index contributed by atoms with van der Waals surface area (Å²) >= 11 is 0. The van der Waals surface area contributed by atoms with Crippen molar-refractivity contribution in [3.05, 3.63) is 34.2 Å². The van der Waals surface area contributed by atoms with Gasteiger partial charge in [-0.15, -0.1) is 0 Å². The van der Waals surface area contributed by atoms with Crippen LogP contribution in [0, 0.1) is 5.92 Å². The number of hydrogen-bond acceptors (Lipinski definition) is 2. The van der Waals surface area contributed by atoms with Crippen molar-refractivity contribution in [2.45, 2.75) is 26.3 Å². The number of nitrogens with one attached hydrogen (secondary N) is 1. The van der Waals surface area contributed by atoms with Crippen molar-refractivity contribution in [1.82, 2.24) is 4.98 Å². The highest BCUT2D eigenvalue weighted by atomic mass is 16.1. The van der Waals surface area contributed by atoms with Crippen molar-refractivity contribution in [3.63, 3.8) is 0 Å². The van der Waals surface area contributed by atoms with Crippen LogP contribution in [0.2, 0.25) is 0 Å².